The third-order valence-corrected chi connectivity index (χ3v) is 4.57. The average Bonchev–Trinajstić information content (AvgIpc) is 2.41. The monoisotopic (exact) mass is 356 g/mol. The maximum absolute atomic E-state index is 6.55. The zero-order chi connectivity index (χ0) is 14.0. The summed E-state index contributed by atoms with van der Waals surface area (Å²) in [6.07, 6.45) is 0. The number of benzene rings is 2. The molecule has 0 N–H and O–H groups in total. The summed E-state index contributed by atoms with van der Waals surface area (Å²) in [7, 11) is 0. The molecule has 2 rings (SSSR count). The molecule has 0 bridgehead atoms. The molecule has 0 aliphatic carbocycles. The highest BCUT2D eigenvalue weighted by molar-refractivity contribution is 9.10. The predicted molar refractivity (Wildman–Crippen MR) is 87.4 cm³/mol. The number of hydrogen-bond acceptors (Lipinski definition) is 0. The minimum absolute atomic E-state index is 0.200. The summed E-state index contributed by atoms with van der Waals surface area (Å²) in [6.45, 7) is 4.36. The highest BCUT2D eigenvalue weighted by Crippen LogP contribution is 2.35. The average molecular weight is 358 g/mol. The molecule has 2 aromatic carbocycles. The van der Waals surface area contributed by atoms with E-state index in [2.05, 4.69) is 54.0 Å². The number of rotatable bonds is 3. The molecule has 0 aliphatic heterocycles. The first kappa shape index (κ1) is 14.9. The molecule has 2 aromatic rings. The molecule has 100 valence electrons. The van der Waals surface area contributed by atoms with Crippen LogP contribution in [0.3, 0.4) is 0 Å². The van der Waals surface area contributed by atoms with Crippen LogP contribution >= 0.6 is 39.1 Å². The van der Waals surface area contributed by atoms with Gasteiger partial charge in [0.25, 0.3) is 0 Å². The van der Waals surface area contributed by atoms with E-state index in [1.807, 2.05) is 18.2 Å². The van der Waals surface area contributed by atoms with Gasteiger partial charge in [0.05, 0.1) is 5.38 Å². The molecule has 0 aromatic heterocycles. The summed E-state index contributed by atoms with van der Waals surface area (Å²) in [5, 5.41) is 0.497. The Balaban J connectivity index is 2.33. The zero-order valence-electron chi connectivity index (χ0n) is 10.8. The van der Waals surface area contributed by atoms with E-state index in [9.17, 15) is 0 Å². The highest BCUT2D eigenvalue weighted by Gasteiger charge is 2.14. The van der Waals surface area contributed by atoms with Gasteiger partial charge in [-0.25, -0.2) is 0 Å². The Morgan fingerprint density at radius 1 is 0.947 bits per heavy atom. The van der Waals surface area contributed by atoms with E-state index >= 15 is 0 Å². The van der Waals surface area contributed by atoms with E-state index in [4.69, 9.17) is 23.2 Å². The Morgan fingerprint density at radius 2 is 1.53 bits per heavy atom. The molecule has 19 heavy (non-hydrogen) atoms. The van der Waals surface area contributed by atoms with Crippen LogP contribution in [0, 0.1) is 0 Å². The van der Waals surface area contributed by atoms with Crippen LogP contribution in [-0.4, -0.2) is 0 Å². The molecule has 0 nitrogen and oxygen atoms in total. The number of alkyl halides is 1. The second-order valence-corrected chi connectivity index (χ2v) is 6.58. The Labute approximate surface area is 132 Å². The highest BCUT2D eigenvalue weighted by atomic mass is 79.9. The molecular formula is C16H15BrCl2. The van der Waals surface area contributed by atoms with Crippen molar-refractivity contribution in [3.63, 3.8) is 0 Å². The third kappa shape index (κ3) is 3.53. The van der Waals surface area contributed by atoms with Crippen LogP contribution in [0.1, 0.15) is 41.8 Å². The van der Waals surface area contributed by atoms with Crippen molar-refractivity contribution in [2.75, 3.05) is 0 Å². The Morgan fingerprint density at radius 3 is 2.11 bits per heavy atom. The van der Waals surface area contributed by atoms with Gasteiger partial charge in [0.15, 0.2) is 0 Å². The van der Waals surface area contributed by atoms with Crippen LogP contribution in [0.2, 0.25) is 5.02 Å². The first-order chi connectivity index (χ1) is 8.99. The van der Waals surface area contributed by atoms with E-state index < -0.39 is 0 Å². The molecule has 0 aliphatic rings. The molecule has 0 heterocycles. The van der Waals surface area contributed by atoms with Crippen molar-refractivity contribution >= 4 is 39.1 Å². The van der Waals surface area contributed by atoms with Crippen molar-refractivity contribution in [1.82, 2.24) is 0 Å². The molecule has 0 saturated heterocycles. The molecule has 3 heteroatoms. The molecule has 1 unspecified atom stereocenters. The lowest BCUT2D eigenvalue weighted by Gasteiger charge is -2.14. The Bertz CT molecular complexity index is 561. The lowest BCUT2D eigenvalue weighted by atomic mass is 9.98. The van der Waals surface area contributed by atoms with Crippen molar-refractivity contribution < 1.29 is 0 Å². The smallest absolute Gasteiger partial charge is 0.0846 e. The first-order valence-electron chi connectivity index (χ1n) is 6.18. The fourth-order valence-corrected chi connectivity index (χ4v) is 3.05. The van der Waals surface area contributed by atoms with Crippen molar-refractivity contribution in [2.24, 2.45) is 0 Å². The topological polar surface area (TPSA) is 0 Å². The van der Waals surface area contributed by atoms with Crippen LogP contribution in [0.5, 0.6) is 0 Å². The third-order valence-electron chi connectivity index (χ3n) is 3.13. The molecule has 1 atom stereocenters. The van der Waals surface area contributed by atoms with Gasteiger partial charge in [-0.05, 0) is 40.8 Å². The lowest BCUT2D eigenvalue weighted by Crippen LogP contribution is -1.96. The van der Waals surface area contributed by atoms with Crippen LogP contribution < -0.4 is 0 Å². The van der Waals surface area contributed by atoms with Crippen LogP contribution in [0.25, 0.3) is 0 Å². The summed E-state index contributed by atoms with van der Waals surface area (Å²) in [5.41, 5.74) is 3.39. The van der Waals surface area contributed by atoms with Crippen LogP contribution in [0.15, 0.2) is 46.9 Å². The van der Waals surface area contributed by atoms with Gasteiger partial charge >= 0.3 is 0 Å². The second-order valence-electron chi connectivity index (χ2n) is 4.85. The summed E-state index contributed by atoms with van der Waals surface area (Å²) in [5.74, 6) is 0.528. The molecule has 0 amide bonds. The van der Waals surface area contributed by atoms with Gasteiger partial charge in [-0.3, -0.25) is 0 Å². The maximum Gasteiger partial charge on any atom is 0.0846 e. The zero-order valence-corrected chi connectivity index (χ0v) is 13.9. The van der Waals surface area contributed by atoms with Gasteiger partial charge in [0.1, 0.15) is 0 Å². The SMILES string of the molecule is CC(C)c1ccc(C(Cl)c2cc(Cl)ccc2Br)cc1. The summed E-state index contributed by atoms with van der Waals surface area (Å²) in [4.78, 5) is 0. The molecule has 0 fully saturated rings. The normalized spacial score (nSPS) is 12.7. The van der Waals surface area contributed by atoms with Gasteiger partial charge in [0.2, 0.25) is 0 Å². The fraction of sp³-hybridized carbons (Fsp3) is 0.250. The van der Waals surface area contributed by atoms with Crippen molar-refractivity contribution in [3.8, 4) is 0 Å². The molecule has 0 saturated carbocycles. The van der Waals surface area contributed by atoms with E-state index in [1.54, 1.807) is 0 Å². The molecular weight excluding hydrogens is 343 g/mol. The van der Waals surface area contributed by atoms with Gasteiger partial charge in [-0.2, -0.15) is 0 Å². The maximum atomic E-state index is 6.55. The first-order valence-corrected chi connectivity index (χ1v) is 7.78. The predicted octanol–water partition coefficient (Wildman–Crippen LogP) is 6.55. The standard InChI is InChI=1S/C16H15BrCl2/c1-10(2)11-3-5-12(6-4-11)16(19)14-9-13(18)7-8-15(14)17/h3-10,16H,1-2H3. The van der Waals surface area contributed by atoms with Crippen molar-refractivity contribution in [3.05, 3.63) is 68.7 Å². The van der Waals surface area contributed by atoms with E-state index in [1.165, 1.54) is 5.56 Å². The summed E-state index contributed by atoms with van der Waals surface area (Å²) in [6, 6.07) is 14.1. The number of hydrogen-bond donors (Lipinski definition) is 0. The minimum atomic E-state index is -0.200. The van der Waals surface area contributed by atoms with Gasteiger partial charge < -0.3 is 0 Å². The Hall–Kier alpha value is -0.500. The number of halogens is 3. The Kier molecular flexibility index (Phi) is 4.94. The molecule has 0 radical (unpaired) electrons. The van der Waals surface area contributed by atoms with Gasteiger partial charge in [0, 0.05) is 9.50 Å². The minimum Gasteiger partial charge on any atom is -0.113 e. The quantitative estimate of drug-likeness (QED) is 0.546. The van der Waals surface area contributed by atoms with Crippen molar-refractivity contribution in [2.45, 2.75) is 25.1 Å². The summed E-state index contributed by atoms with van der Waals surface area (Å²) >= 11 is 16.1. The summed E-state index contributed by atoms with van der Waals surface area (Å²) < 4.78 is 0.977. The molecule has 0 spiro atoms. The van der Waals surface area contributed by atoms with Crippen molar-refractivity contribution in [1.29, 1.82) is 0 Å². The lowest BCUT2D eigenvalue weighted by molar-refractivity contribution is 0.865. The largest absolute Gasteiger partial charge is 0.113 e. The fourth-order valence-electron chi connectivity index (χ4n) is 1.94. The van der Waals surface area contributed by atoms with Crippen LogP contribution in [-0.2, 0) is 0 Å². The van der Waals surface area contributed by atoms with Gasteiger partial charge in [-0.15, -0.1) is 11.6 Å². The van der Waals surface area contributed by atoms with E-state index in [-0.39, 0.29) is 5.38 Å². The van der Waals surface area contributed by atoms with E-state index in [0.29, 0.717) is 10.9 Å². The van der Waals surface area contributed by atoms with Gasteiger partial charge in [-0.1, -0.05) is 65.6 Å². The van der Waals surface area contributed by atoms with E-state index in [0.717, 1.165) is 15.6 Å². The second kappa shape index (κ2) is 6.30. The van der Waals surface area contributed by atoms with Crippen LogP contribution in [0.4, 0.5) is 0 Å².